The van der Waals surface area contributed by atoms with E-state index >= 15 is 0 Å². The Kier molecular flexibility index (Phi) is 4.55. The molecule has 1 aromatic carbocycles. The van der Waals surface area contributed by atoms with Crippen LogP contribution in [0, 0.1) is 5.82 Å². The maximum absolute atomic E-state index is 13.6. The molecule has 0 aliphatic rings. The molecule has 0 aliphatic heterocycles. The standard InChI is InChI=1S/C12H11BrClFN4/c1-2-16-12-17-6-9(15)11(19-12)18-10-4-3-7(13)5-8(10)14/h3-6H,2H2,1H3,(H2,16,17,18,19). The molecule has 0 saturated carbocycles. The van der Waals surface area contributed by atoms with Crippen LogP contribution in [-0.2, 0) is 0 Å². The fraction of sp³-hybridized carbons (Fsp3) is 0.167. The summed E-state index contributed by atoms with van der Waals surface area (Å²) in [4.78, 5) is 7.87. The first-order chi connectivity index (χ1) is 9.10. The van der Waals surface area contributed by atoms with Crippen LogP contribution in [0.4, 0.5) is 21.8 Å². The first-order valence-electron chi connectivity index (χ1n) is 5.58. The number of halogens is 3. The highest BCUT2D eigenvalue weighted by Gasteiger charge is 2.09. The molecule has 0 amide bonds. The van der Waals surface area contributed by atoms with Crippen molar-refractivity contribution < 1.29 is 4.39 Å². The molecule has 100 valence electrons. The van der Waals surface area contributed by atoms with Crippen molar-refractivity contribution in [2.75, 3.05) is 17.2 Å². The van der Waals surface area contributed by atoms with Crippen LogP contribution in [0.2, 0.25) is 5.02 Å². The molecule has 2 aromatic rings. The third kappa shape index (κ3) is 3.54. The van der Waals surface area contributed by atoms with E-state index in [1.54, 1.807) is 18.2 Å². The lowest BCUT2D eigenvalue weighted by Crippen LogP contribution is -2.06. The van der Waals surface area contributed by atoms with Gasteiger partial charge < -0.3 is 10.6 Å². The molecule has 0 bridgehead atoms. The van der Waals surface area contributed by atoms with Gasteiger partial charge in [-0.25, -0.2) is 9.37 Å². The molecule has 0 radical (unpaired) electrons. The van der Waals surface area contributed by atoms with Crippen molar-refractivity contribution in [3.63, 3.8) is 0 Å². The van der Waals surface area contributed by atoms with Crippen LogP contribution in [0.25, 0.3) is 0 Å². The Hall–Kier alpha value is -1.40. The largest absolute Gasteiger partial charge is 0.354 e. The van der Waals surface area contributed by atoms with Crippen LogP contribution in [-0.4, -0.2) is 16.5 Å². The van der Waals surface area contributed by atoms with Crippen molar-refractivity contribution in [1.82, 2.24) is 9.97 Å². The van der Waals surface area contributed by atoms with Crippen LogP contribution in [0.1, 0.15) is 6.92 Å². The van der Waals surface area contributed by atoms with E-state index in [0.717, 1.165) is 10.7 Å². The van der Waals surface area contributed by atoms with Gasteiger partial charge in [-0.1, -0.05) is 27.5 Å². The minimum Gasteiger partial charge on any atom is -0.354 e. The van der Waals surface area contributed by atoms with Crippen molar-refractivity contribution >= 4 is 45.0 Å². The van der Waals surface area contributed by atoms with Crippen LogP contribution in [0.3, 0.4) is 0 Å². The van der Waals surface area contributed by atoms with Gasteiger partial charge in [0.15, 0.2) is 11.6 Å². The van der Waals surface area contributed by atoms with Crippen LogP contribution in [0.15, 0.2) is 28.9 Å². The summed E-state index contributed by atoms with van der Waals surface area (Å²) >= 11 is 9.37. The van der Waals surface area contributed by atoms with Gasteiger partial charge in [0, 0.05) is 11.0 Å². The number of nitrogens with one attached hydrogen (secondary N) is 2. The summed E-state index contributed by atoms with van der Waals surface area (Å²) in [5, 5.41) is 6.23. The molecule has 7 heteroatoms. The average molecular weight is 346 g/mol. The third-order valence-corrected chi connectivity index (χ3v) is 3.07. The Labute approximate surface area is 123 Å². The van der Waals surface area contributed by atoms with Gasteiger partial charge in [-0.05, 0) is 25.1 Å². The average Bonchev–Trinajstić information content (AvgIpc) is 2.37. The zero-order valence-corrected chi connectivity index (χ0v) is 12.4. The fourth-order valence-corrected chi connectivity index (χ4v) is 2.14. The van der Waals surface area contributed by atoms with Crippen molar-refractivity contribution in [1.29, 1.82) is 0 Å². The van der Waals surface area contributed by atoms with E-state index in [0.29, 0.717) is 23.2 Å². The molecule has 0 spiro atoms. The molecule has 0 unspecified atom stereocenters. The van der Waals surface area contributed by atoms with Crippen LogP contribution < -0.4 is 10.6 Å². The molecule has 0 atom stereocenters. The molecule has 0 saturated heterocycles. The van der Waals surface area contributed by atoms with Gasteiger partial charge in [-0.3, -0.25) is 0 Å². The topological polar surface area (TPSA) is 49.8 Å². The van der Waals surface area contributed by atoms with Gasteiger partial charge in [0.1, 0.15) is 0 Å². The number of anilines is 3. The molecule has 19 heavy (non-hydrogen) atoms. The number of hydrogen-bond donors (Lipinski definition) is 2. The van der Waals surface area contributed by atoms with Gasteiger partial charge in [0.2, 0.25) is 5.95 Å². The Morgan fingerprint density at radius 3 is 2.89 bits per heavy atom. The summed E-state index contributed by atoms with van der Waals surface area (Å²) in [6, 6.07) is 5.26. The third-order valence-electron chi connectivity index (χ3n) is 2.26. The number of hydrogen-bond acceptors (Lipinski definition) is 4. The highest BCUT2D eigenvalue weighted by atomic mass is 79.9. The molecule has 2 N–H and O–H groups in total. The molecule has 4 nitrogen and oxygen atoms in total. The second kappa shape index (κ2) is 6.16. The van der Waals surface area contributed by atoms with Crippen molar-refractivity contribution in [2.45, 2.75) is 6.92 Å². The highest BCUT2D eigenvalue weighted by molar-refractivity contribution is 9.10. The van der Waals surface area contributed by atoms with Crippen molar-refractivity contribution in [3.8, 4) is 0 Å². The summed E-state index contributed by atoms with van der Waals surface area (Å²) in [5.74, 6) is -0.101. The number of rotatable bonds is 4. The van der Waals surface area contributed by atoms with Gasteiger partial charge in [0.25, 0.3) is 0 Å². The van der Waals surface area contributed by atoms with Crippen molar-refractivity contribution in [3.05, 3.63) is 39.7 Å². The maximum Gasteiger partial charge on any atom is 0.224 e. The van der Waals surface area contributed by atoms with Gasteiger partial charge in [-0.2, -0.15) is 4.98 Å². The smallest absolute Gasteiger partial charge is 0.224 e. The number of aromatic nitrogens is 2. The van der Waals surface area contributed by atoms with Gasteiger partial charge >= 0.3 is 0 Å². The zero-order valence-electron chi connectivity index (χ0n) is 10.0. The molecule has 0 fully saturated rings. The molecule has 1 aromatic heterocycles. The summed E-state index contributed by atoms with van der Waals surface area (Å²) in [7, 11) is 0. The summed E-state index contributed by atoms with van der Waals surface area (Å²) in [6.07, 6.45) is 1.11. The minimum absolute atomic E-state index is 0.0789. The van der Waals surface area contributed by atoms with E-state index in [-0.39, 0.29) is 5.82 Å². The Morgan fingerprint density at radius 2 is 2.21 bits per heavy atom. The molecule has 0 aliphatic carbocycles. The van der Waals surface area contributed by atoms with E-state index in [1.807, 2.05) is 6.92 Å². The SMILES string of the molecule is CCNc1ncc(F)c(Nc2ccc(Br)cc2Cl)n1. The van der Waals surface area contributed by atoms with Crippen molar-refractivity contribution in [2.24, 2.45) is 0 Å². The normalized spacial score (nSPS) is 10.3. The molecular weight excluding hydrogens is 335 g/mol. The highest BCUT2D eigenvalue weighted by Crippen LogP contribution is 2.28. The second-order valence-electron chi connectivity index (χ2n) is 3.67. The lowest BCUT2D eigenvalue weighted by Gasteiger charge is -2.10. The monoisotopic (exact) mass is 344 g/mol. The minimum atomic E-state index is -0.541. The Morgan fingerprint density at radius 1 is 1.42 bits per heavy atom. The summed E-state index contributed by atoms with van der Waals surface area (Å²) in [5.41, 5.74) is 0.574. The predicted molar refractivity (Wildman–Crippen MR) is 78.6 cm³/mol. The lowest BCUT2D eigenvalue weighted by molar-refractivity contribution is 0.619. The quantitative estimate of drug-likeness (QED) is 0.871. The number of nitrogens with zero attached hydrogens (tertiary/aromatic N) is 2. The van der Waals surface area contributed by atoms with Gasteiger partial charge in [-0.15, -0.1) is 0 Å². The fourth-order valence-electron chi connectivity index (χ4n) is 1.42. The van der Waals surface area contributed by atoms with E-state index in [1.165, 1.54) is 0 Å². The second-order valence-corrected chi connectivity index (χ2v) is 4.99. The van der Waals surface area contributed by atoms with Crippen LogP contribution >= 0.6 is 27.5 Å². The maximum atomic E-state index is 13.6. The van der Waals surface area contributed by atoms with E-state index in [2.05, 4.69) is 36.5 Å². The Balaban J connectivity index is 2.29. The van der Waals surface area contributed by atoms with E-state index in [4.69, 9.17) is 11.6 Å². The lowest BCUT2D eigenvalue weighted by atomic mass is 10.3. The zero-order chi connectivity index (χ0) is 13.8. The molecule has 1 heterocycles. The first-order valence-corrected chi connectivity index (χ1v) is 6.75. The van der Waals surface area contributed by atoms with Crippen LogP contribution in [0.5, 0.6) is 0 Å². The van der Waals surface area contributed by atoms with E-state index < -0.39 is 5.82 Å². The van der Waals surface area contributed by atoms with Gasteiger partial charge in [0.05, 0.1) is 16.9 Å². The molecule has 2 rings (SSSR count). The number of benzene rings is 1. The molecular formula is C12H11BrClFN4. The Bertz CT molecular complexity index is 594. The summed E-state index contributed by atoms with van der Waals surface area (Å²) < 4.78 is 14.5. The first kappa shape index (κ1) is 14.0. The summed E-state index contributed by atoms with van der Waals surface area (Å²) in [6.45, 7) is 2.57. The predicted octanol–water partition coefficient (Wildman–Crippen LogP) is 4.21. The van der Waals surface area contributed by atoms with E-state index in [9.17, 15) is 4.39 Å².